The van der Waals surface area contributed by atoms with E-state index < -0.39 is 5.97 Å². The molecule has 0 aliphatic carbocycles. The Hall–Kier alpha value is -1.35. The summed E-state index contributed by atoms with van der Waals surface area (Å²) >= 11 is 0. The van der Waals surface area contributed by atoms with Crippen LogP contribution < -0.4 is 4.90 Å². The van der Waals surface area contributed by atoms with Gasteiger partial charge in [0.2, 0.25) is 0 Å². The summed E-state index contributed by atoms with van der Waals surface area (Å²) in [5, 5.41) is 8.89. The third-order valence-electron chi connectivity index (χ3n) is 4.72. The highest BCUT2D eigenvalue weighted by Gasteiger charge is 2.36. The van der Waals surface area contributed by atoms with Crippen molar-refractivity contribution in [2.45, 2.75) is 58.4 Å². The molecule has 1 heterocycles. The Morgan fingerprint density at radius 2 is 1.64 bits per heavy atom. The van der Waals surface area contributed by atoms with Crippen LogP contribution in [0.15, 0.2) is 24.3 Å². The van der Waals surface area contributed by atoms with E-state index in [4.69, 9.17) is 5.11 Å². The highest BCUT2D eigenvalue weighted by Crippen LogP contribution is 2.11. The zero-order valence-corrected chi connectivity index (χ0v) is 13.8. The van der Waals surface area contributed by atoms with Crippen LogP contribution in [0.3, 0.4) is 0 Å². The second-order valence-electron chi connectivity index (χ2n) is 6.70. The summed E-state index contributed by atoms with van der Waals surface area (Å²) in [5.41, 5.74) is 2.76. The summed E-state index contributed by atoms with van der Waals surface area (Å²) in [6.45, 7) is 4.76. The van der Waals surface area contributed by atoms with Crippen molar-refractivity contribution in [2.24, 2.45) is 5.92 Å². The molecule has 0 amide bonds. The number of rotatable bonds is 10. The van der Waals surface area contributed by atoms with Crippen LogP contribution >= 0.6 is 0 Å². The first-order chi connectivity index (χ1) is 10.7. The summed E-state index contributed by atoms with van der Waals surface area (Å²) < 4.78 is 0. The van der Waals surface area contributed by atoms with E-state index in [9.17, 15) is 4.79 Å². The molecule has 0 aromatic heterocycles. The van der Waals surface area contributed by atoms with Gasteiger partial charge >= 0.3 is 5.97 Å². The number of aliphatic carboxylic acids is 1. The maximum Gasteiger partial charge on any atom is 0.318 e. The number of quaternary nitrogens is 1. The topological polar surface area (TPSA) is 41.7 Å². The molecule has 2 rings (SSSR count). The molecule has 0 radical (unpaired) electrons. The third-order valence-corrected chi connectivity index (χ3v) is 4.72. The Morgan fingerprint density at radius 1 is 1.05 bits per heavy atom. The standard InChI is InChI=1S/C19H29NO2/c1-2-3-4-5-6-7-8-16-9-11-17(12-10-16)13-20-14-18(15-20)19(21)22/h9-12,18H,2-8,13-15H2,1H3,(H,21,22)/p+1. The van der Waals surface area contributed by atoms with Crippen LogP contribution in [-0.4, -0.2) is 24.2 Å². The molecule has 1 aliphatic heterocycles. The number of unbranched alkanes of at least 4 members (excludes halogenated alkanes) is 5. The minimum absolute atomic E-state index is 0.123. The molecule has 3 heteroatoms. The number of benzene rings is 1. The van der Waals surface area contributed by atoms with Gasteiger partial charge in [-0.1, -0.05) is 63.3 Å². The summed E-state index contributed by atoms with van der Waals surface area (Å²) in [7, 11) is 0. The van der Waals surface area contributed by atoms with Crippen molar-refractivity contribution in [3.63, 3.8) is 0 Å². The third kappa shape index (κ3) is 5.45. The highest BCUT2D eigenvalue weighted by atomic mass is 16.4. The minimum atomic E-state index is -0.641. The Morgan fingerprint density at radius 3 is 2.27 bits per heavy atom. The van der Waals surface area contributed by atoms with E-state index >= 15 is 0 Å². The normalized spacial score (nSPS) is 20.6. The number of likely N-dealkylation sites (tertiary alicyclic amines) is 1. The molecule has 122 valence electrons. The fourth-order valence-corrected chi connectivity index (χ4v) is 3.18. The monoisotopic (exact) mass is 304 g/mol. The lowest BCUT2D eigenvalue weighted by atomic mass is 9.99. The zero-order chi connectivity index (χ0) is 15.8. The second kappa shape index (κ2) is 8.94. The van der Waals surface area contributed by atoms with E-state index in [-0.39, 0.29) is 5.92 Å². The summed E-state index contributed by atoms with van der Waals surface area (Å²) in [6.07, 6.45) is 9.26. The number of carboxylic acids is 1. The summed E-state index contributed by atoms with van der Waals surface area (Å²) in [6, 6.07) is 8.92. The molecule has 0 atom stereocenters. The van der Waals surface area contributed by atoms with Crippen LogP contribution in [0.1, 0.15) is 56.6 Å². The molecule has 0 spiro atoms. The first-order valence-corrected chi connectivity index (χ1v) is 8.83. The smallest absolute Gasteiger partial charge is 0.318 e. The van der Waals surface area contributed by atoms with E-state index in [1.807, 2.05) is 0 Å². The maximum atomic E-state index is 10.8. The molecular formula is C19H30NO2+. The highest BCUT2D eigenvalue weighted by molar-refractivity contribution is 5.70. The van der Waals surface area contributed by atoms with Gasteiger partial charge in [0.25, 0.3) is 0 Å². The van der Waals surface area contributed by atoms with Crippen molar-refractivity contribution in [1.29, 1.82) is 0 Å². The summed E-state index contributed by atoms with van der Waals surface area (Å²) in [5.74, 6) is -0.764. The van der Waals surface area contributed by atoms with Crippen molar-refractivity contribution in [1.82, 2.24) is 0 Å². The average molecular weight is 304 g/mol. The number of hydrogen-bond acceptors (Lipinski definition) is 1. The first kappa shape index (κ1) is 17.0. The van der Waals surface area contributed by atoms with Crippen molar-refractivity contribution in [2.75, 3.05) is 13.1 Å². The van der Waals surface area contributed by atoms with Crippen LogP contribution in [0.5, 0.6) is 0 Å². The number of carboxylic acid groups (broad SMARTS) is 1. The largest absolute Gasteiger partial charge is 0.481 e. The second-order valence-corrected chi connectivity index (χ2v) is 6.70. The van der Waals surface area contributed by atoms with Gasteiger partial charge < -0.3 is 10.0 Å². The van der Waals surface area contributed by atoms with E-state index in [0.717, 1.165) is 19.6 Å². The molecule has 22 heavy (non-hydrogen) atoms. The van der Waals surface area contributed by atoms with Crippen molar-refractivity contribution >= 4 is 5.97 Å². The Bertz CT molecular complexity index is 449. The molecule has 1 aliphatic rings. The number of hydrogen-bond donors (Lipinski definition) is 2. The Kier molecular flexibility index (Phi) is 6.91. The zero-order valence-electron chi connectivity index (χ0n) is 13.8. The lowest BCUT2D eigenvalue weighted by Gasteiger charge is -2.32. The van der Waals surface area contributed by atoms with Gasteiger partial charge in [-0.05, 0) is 18.4 Å². The molecule has 0 unspecified atom stereocenters. The van der Waals surface area contributed by atoms with Gasteiger partial charge in [-0.25, -0.2) is 0 Å². The average Bonchev–Trinajstić information content (AvgIpc) is 2.47. The van der Waals surface area contributed by atoms with Gasteiger partial charge in [0.1, 0.15) is 6.54 Å². The molecule has 1 saturated heterocycles. The number of aryl methyl sites for hydroxylation is 1. The van der Waals surface area contributed by atoms with Gasteiger partial charge in [0.15, 0.2) is 5.92 Å². The molecule has 1 aromatic carbocycles. The van der Waals surface area contributed by atoms with Gasteiger partial charge in [0, 0.05) is 5.56 Å². The van der Waals surface area contributed by atoms with Crippen LogP contribution in [0, 0.1) is 5.92 Å². The van der Waals surface area contributed by atoms with Gasteiger partial charge in [-0.2, -0.15) is 0 Å². The van der Waals surface area contributed by atoms with Crippen molar-refractivity contribution < 1.29 is 14.8 Å². The van der Waals surface area contributed by atoms with E-state index in [0.29, 0.717) is 0 Å². The van der Waals surface area contributed by atoms with Gasteiger partial charge in [-0.15, -0.1) is 0 Å². The van der Waals surface area contributed by atoms with Crippen molar-refractivity contribution in [3.05, 3.63) is 35.4 Å². The van der Waals surface area contributed by atoms with Crippen LogP contribution in [0.25, 0.3) is 0 Å². The lowest BCUT2D eigenvalue weighted by molar-refractivity contribution is -0.959. The Labute approximate surface area is 134 Å². The fraction of sp³-hybridized carbons (Fsp3) is 0.632. The number of carbonyl (C=O) groups is 1. The summed E-state index contributed by atoms with van der Waals surface area (Å²) in [4.78, 5) is 12.2. The Balaban J connectivity index is 1.62. The predicted molar refractivity (Wildman–Crippen MR) is 89.0 cm³/mol. The number of nitrogens with one attached hydrogen (secondary N) is 1. The van der Waals surface area contributed by atoms with Gasteiger partial charge in [0.05, 0.1) is 13.1 Å². The fourth-order valence-electron chi connectivity index (χ4n) is 3.18. The molecule has 3 nitrogen and oxygen atoms in total. The van der Waals surface area contributed by atoms with E-state index in [1.54, 1.807) is 0 Å². The minimum Gasteiger partial charge on any atom is -0.481 e. The molecule has 1 fully saturated rings. The SMILES string of the molecule is CCCCCCCCc1ccc(C[NH+]2CC(C(=O)O)C2)cc1. The first-order valence-electron chi connectivity index (χ1n) is 8.83. The lowest BCUT2D eigenvalue weighted by Crippen LogP contribution is -3.19. The van der Waals surface area contributed by atoms with E-state index in [1.165, 1.54) is 61.0 Å². The predicted octanol–water partition coefficient (Wildman–Crippen LogP) is 2.69. The van der Waals surface area contributed by atoms with Crippen LogP contribution in [0.2, 0.25) is 0 Å². The molecular weight excluding hydrogens is 274 g/mol. The maximum absolute atomic E-state index is 10.8. The molecule has 1 aromatic rings. The van der Waals surface area contributed by atoms with Crippen LogP contribution in [0.4, 0.5) is 0 Å². The van der Waals surface area contributed by atoms with Crippen molar-refractivity contribution in [3.8, 4) is 0 Å². The van der Waals surface area contributed by atoms with E-state index in [2.05, 4.69) is 31.2 Å². The van der Waals surface area contributed by atoms with Gasteiger partial charge in [-0.3, -0.25) is 4.79 Å². The van der Waals surface area contributed by atoms with Crippen LogP contribution in [-0.2, 0) is 17.8 Å². The quantitative estimate of drug-likeness (QED) is 0.653. The molecule has 2 N–H and O–H groups in total. The molecule has 0 saturated carbocycles. The molecule has 0 bridgehead atoms.